The van der Waals surface area contributed by atoms with Crippen LogP contribution in [0.3, 0.4) is 0 Å². The third-order valence-electron chi connectivity index (χ3n) is 4.66. The summed E-state index contributed by atoms with van der Waals surface area (Å²) in [4.78, 5) is 0. The molecular formula is C16H22O3. The first-order chi connectivity index (χ1) is 8.93. The number of hydrogen-bond donors (Lipinski definition) is 2. The van der Waals surface area contributed by atoms with E-state index >= 15 is 0 Å². The Bertz CT molecular complexity index is 515. The second kappa shape index (κ2) is 4.14. The molecule has 1 saturated carbocycles. The van der Waals surface area contributed by atoms with Gasteiger partial charge < -0.3 is 14.9 Å². The Labute approximate surface area is 114 Å². The third-order valence-corrected chi connectivity index (χ3v) is 4.66. The molecule has 1 spiro atoms. The van der Waals surface area contributed by atoms with E-state index in [0.29, 0.717) is 6.42 Å². The van der Waals surface area contributed by atoms with Crippen molar-refractivity contribution >= 4 is 0 Å². The van der Waals surface area contributed by atoms with Gasteiger partial charge >= 0.3 is 0 Å². The summed E-state index contributed by atoms with van der Waals surface area (Å²) in [6.07, 6.45) is 3.37. The number of aliphatic hydroxyl groups is 1. The van der Waals surface area contributed by atoms with E-state index in [-0.39, 0.29) is 17.3 Å². The largest absolute Gasteiger partial charge is 0.508 e. The maximum Gasteiger partial charge on any atom is 0.129 e. The van der Waals surface area contributed by atoms with Crippen molar-refractivity contribution in [3.05, 3.63) is 22.8 Å². The summed E-state index contributed by atoms with van der Waals surface area (Å²) in [5.41, 5.74) is 2.51. The molecule has 2 N–H and O–H groups in total. The highest BCUT2D eigenvalue weighted by Crippen LogP contribution is 2.52. The van der Waals surface area contributed by atoms with Gasteiger partial charge in [0.25, 0.3) is 0 Å². The Balaban J connectivity index is 2.12. The number of rotatable bonds is 1. The molecule has 1 aliphatic carbocycles. The zero-order valence-electron chi connectivity index (χ0n) is 11.9. The highest BCUT2D eigenvalue weighted by atomic mass is 16.5. The summed E-state index contributed by atoms with van der Waals surface area (Å²) in [6.45, 7) is 6.11. The van der Waals surface area contributed by atoms with Crippen molar-refractivity contribution in [1.29, 1.82) is 0 Å². The first kappa shape index (κ1) is 12.8. The summed E-state index contributed by atoms with van der Waals surface area (Å²) < 4.78 is 6.23. The van der Waals surface area contributed by atoms with Crippen LogP contribution in [0.4, 0.5) is 0 Å². The van der Waals surface area contributed by atoms with Gasteiger partial charge in [-0.05, 0) is 43.7 Å². The van der Waals surface area contributed by atoms with E-state index in [4.69, 9.17) is 4.74 Å². The lowest BCUT2D eigenvalue weighted by Gasteiger charge is -2.47. The van der Waals surface area contributed by atoms with Gasteiger partial charge in [0.15, 0.2) is 0 Å². The summed E-state index contributed by atoms with van der Waals surface area (Å²) in [5.74, 6) is 1.32. The number of hydrogen-bond acceptors (Lipinski definition) is 3. The number of phenolic OH excluding ortho intramolecular Hbond substituents is 1. The molecular weight excluding hydrogens is 240 g/mol. The minimum absolute atomic E-state index is 0.150. The molecule has 0 aromatic heterocycles. The number of ether oxygens (including phenoxy) is 1. The molecule has 2 aliphatic rings. The van der Waals surface area contributed by atoms with Gasteiger partial charge in [0.2, 0.25) is 0 Å². The van der Waals surface area contributed by atoms with E-state index in [2.05, 4.69) is 13.8 Å². The highest BCUT2D eigenvalue weighted by molar-refractivity contribution is 5.55. The third kappa shape index (κ3) is 1.83. The van der Waals surface area contributed by atoms with Crippen LogP contribution in [0.5, 0.6) is 11.5 Å². The lowest BCUT2D eigenvalue weighted by atomic mass is 9.73. The van der Waals surface area contributed by atoms with Crippen LogP contribution in [0.25, 0.3) is 0 Å². The standard InChI is InChI=1S/C16H22O3/c1-9(2)14-10(3)15-11(7-12(14)17)13(18)8-16(19-15)5-4-6-16/h7,9,13,17-18H,4-6,8H2,1-3H3/t13-/m1/s1. The average Bonchev–Trinajstić information content (AvgIpc) is 2.28. The lowest BCUT2D eigenvalue weighted by molar-refractivity contribution is -0.0670. The maximum absolute atomic E-state index is 10.3. The molecule has 1 heterocycles. The topological polar surface area (TPSA) is 49.7 Å². The molecule has 104 valence electrons. The average molecular weight is 262 g/mol. The SMILES string of the molecule is Cc1c2c(cc(O)c1C(C)C)[C@H](O)CC1(CCC1)O2. The number of benzene rings is 1. The Morgan fingerprint density at radius 1 is 1.37 bits per heavy atom. The van der Waals surface area contributed by atoms with Crippen molar-refractivity contribution in [2.75, 3.05) is 0 Å². The Morgan fingerprint density at radius 3 is 2.58 bits per heavy atom. The van der Waals surface area contributed by atoms with E-state index in [1.807, 2.05) is 6.92 Å². The van der Waals surface area contributed by atoms with Crippen molar-refractivity contribution in [2.24, 2.45) is 0 Å². The number of aliphatic hydroxyl groups excluding tert-OH is 1. The lowest BCUT2D eigenvalue weighted by Crippen LogP contribution is -2.47. The van der Waals surface area contributed by atoms with Gasteiger partial charge in [0.1, 0.15) is 17.1 Å². The zero-order chi connectivity index (χ0) is 13.8. The van der Waals surface area contributed by atoms with Crippen molar-refractivity contribution in [1.82, 2.24) is 0 Å². The number of phenols is 1. The summed E-state index contributed by atoms with van der Waals surface area (Å²) in [7, 11) is 0. The van der Waals surface area contributed by atoms with Crippen molar-refractivity contribution in [3.8, 4) is 11.5 Å². The molecule has 0 amide bonds. The number of aromatic hydroxyl groups is 1. The van der Waals surface area contributed by atoms with Gasteiger partial charge in [0.05, 0.1) is 6.10 Å². The predicted octanol–water partition coefficient (Wildman–Crippen LogP) is 3.56. The van der Waals surface area contributed by atoms with Gasteiger partial charge in [-0.15, -0.1) is 0 Å². The quantitative estimate of drug-likeness (QED) is 0.813. The molecule has 3 rings (SSSR count). The smallest absolute Gasteiger partial charge is 0.129 e. The normalized spacial score (nSPS) is 23.9. The van der Waals surface area contributed by atoms with E-state index in [1.165, 1.54) is 6.42 Å². The molecule has 0 bridgehead atoms. The Kier molecular flexibility index (Phi) is 2.79. The molecule has 3 nitrogen and oxygen atoms in total. The molecule has 1 fully saturated rings. The fraction of sp³-hybridized carbons (Fsp3) is 0.625. The Hall–Kier alpha value is -1.22. The van der Waals surface area contributed by atoms with Crippen molar-refractivity contribution in [3.63, 3.8) is 0 Å². The van der Waals surface area contributed by atoms with Crippen LogP contribution < -0.4 is 4.74 Å². The molecule has 0 unspecified atom stereocenters. The van der Waals surface area contributed by atoms with Gasteiger partial charge in [-0.2, -0.15) is 0 Å². The molecule has 1 aromatic rings. The molecule has 19 heavy (non-hydrogen) atoms. The second-order valence-corrected chi connectivity index (χ2v) is 6.37. The highest BCUT2D eigenvalue weighted by Gasteiger charge is 2.46. The van der Waals surface area contributed by atoms with Crippen LogP contribution in [0.1, 0.15) is 68.2 Å². The van der Waals surface area contributed by atoms with E-state index in [1.54, 1.807) is 6.07 Å². The molecule has 1 aliphatic heterocycles. The van der Waals surface area contributed by atoms with Gasteiger partial charge in [-0.1, -0.05) is 13.8 Å². The van der Waals surface area contributed by atoms with Gasteiger partial charge in [-0.3, -0.25) is 0 Å². The molecule has 0 saturated heterocycles. The van der Waals surface area contributed by atoms with Crippen LogP contribution in [0.2, 0.25) is 0 Å². The molecule has 0 radical (unpaired) electrons. The van der Waals surface area contributed by atoms with Crippen molar-refractivity contribution < 1.29 is 14.9 Å². The first-order valence-corrected chi connectivity index (χ1v) is 7.17. The molecule has 1 aromatic carbocycles. The maximum atomic E-state index is 10.3. The van der Waals surface area contributed by atoms with E-state index < -0.39 is 6.10 Å². The Morgan fingerprint density at radius 2 is 2.05 bits per heavy atom. The predicted molar refractivity (Wildman–Crippen MR) is 73.7 cm³/mol. The fourth-order valence-electron chi connectivity index (χ4n) is 3.53. The minimum Gasteiger partial charge on any atom is -0.508 e. The fourth-order valence-corrected chi connectivity index (χ4v) is 3.53. The summed E-state index contributed by atoms with van der Waals surface area (Å²) >= 11 is 0. The van der Waals surface area contributed by atoms with Crippen LogP contribution in [0.15, 0.2) is 6.07 Å². The van der Waals surface area contributed by atoms with Crippen LogP contribution in [0, 0.1) is 6.92 Å². The molecule has 1 atom stereocenters. The monoisotopic (exact) mass is 262 g/mol. The molecule has 3 heteroatoms. The summed E-state index contributed by atoms with van der Waals surface area (Å²) in [6, 6.07) is 1.69. The van der Waals surface area contributed by atoms with E-state index in [0.717, 1.165) is 35.3 Å². The second-order valence-electron chi connectivity index (χ2n) is 6.37. The number of fused-ring (bicyclic) bond motifs is 1. The van der Waals surface area contributed by atoms with Gasteiger partial charge in [0, 0.05) is 17.5 Å². The van der Waals surface area contributed by atoms with Crippen LogP contribution in [-0.4, -0.2) is 15.8 Å². The zero-order valence-corrected chi connectivity index (χ0v) is 11.9. The van der Waals surface area contributed by atoms with Crippen LogP contribution in [-0.2, 0) is 0 Å². The van der Waals surface area contributed by atoms with E-state index in [9.17, 15) is 10.2 Å². The first-order valence-electron chi connectivity index (χ1n) is 7.17. The summed E-state index contributed by atoms with van der Waals surface area (Å²) in [5, 5.41) is 20.5. The van der Waals surface area contributed by atoms with Gasteiger partial charge in [-0.25, -0.2) is 0 Å². The van der Waals surface area contributed by atoms with Crippen LogP contribution >= 0.6 is 0 Å². The minimum atomic E-state index is -0.519. The van der Waals surface area contributed by atoms with Crippen molar-refractivity contribution in [2.45, 2.75) is 64.1 Å².